The molecule has 8 heteroatoms. The van der Waals surface area contributed by atoms with E-state index in [0.717, 1.165) is 12.0 Å². The highest BCUT2D eigenvalue weighted by atomic mass is 32.2. The maximum Gasteiger partial charge on any atom is 0.262 e. The average Bonchev–Trinajstić information content (AvgIpc) is 3.05. The molecule has 0 bridgehead atoms. The molecule has 2 N–H and O–H groups in total. The number of carbonyl (C=O) groups is 1. The Morgan fingerprint density at radius 1 is 0.906 bits per heavy atom. The highest BCUT2D eigenvalue weighted by molar-refractivity contribution is 7.92. The Hall–Kier alpha value is -3.52. The smallest absolute Gasteiger partial charge is 0.262 e. The van der Waals surface area contributed by atoms with Crippen LogP contribution in [0.15, 0.2) is 77.7 Å². The van der Waals surface area contributed by atoms with Gasteiger partial charge in [-0.2, -0.15) is 0 Å². The number of sulfonamides is 1. The van der Waals surface area contributed by atoms with Gasteiger partial charge in [-0.3, -0.25) is 9.52 Å². The molecule has 0 radical (unpaired) electrons. The maximum absolute atomic E-state index is 12.8. The van der Waals surface area contributed by atoms with Gasteiger partial charge in [-0.1, -0.05) is 30.3 Å². The molecule has 0 spiro atoms. The van der Waals surface area contributed by atoms with E-state index in [9.17, 15) is 13.2 Å². The molecule has 0 saturated carbocycles. The molecule has 3 aromatic rings. The summed E-state index contributed by atoms with van der Waals surface area (Å²) in [6.45, 7) is 2.91. The van der Waals surface area contributed by atoms with E-state index in [1.54, 1.807) is 30.3 Å². The SMILES string of the molecule is C[C@H](NC(=O)c1ccc(NS(=O)(=O)c2ccc3c(c2)OCCCO3)cc1)c1ccccc1. The fraction of sp³-hybridized carbons (Fsp3) is 0.208. The first-order valence-electron chi connectivity index (χ1n) is 10.3. The molecule has 1 aliphatic rings. The normalized spacial score (nSPS) is 14.2. The van der Waals surface area contributed by atoms with Gasteiger partial charge in [0.2, 0.25) is 0 Å². The number of fused-ring (bicyclic) bond motifs is 1. The highest BCUT2D eigenvalue weighted by Gasteiger charge is 2.19. The van der Waals surface area contributed by atoms with Gasteiger partial charge >= 0.3 is 0 Å². The molecule has 1 atom stereocenters. The van der Waals surface area contributed by atoms with Gasteiger partial charge in [0.25, 0.3) is 15.9 Å². The summed E-state index contributed by atoms with van der Waals surface area (Å²) in [4.78, 5) is 12.6. The fourth-order valence-electron chi connectivity index (χ4n) is 3.32. The third-order valence-corrected chi connectivity index (χ3v) is 6.45. The fourth-order valence-corrected chi connectivity index (χ4v) is 4.39. The molecule has 7 nitrogen and oxygen atoms in total. The molecule has 1 aliphatic heterocycles. The number of hydrogen-bond acceptors (Lipinski definition) is 5. The molecular weight excluding hydrogens is 428 g/mol. The molecule has 0 aromatic heterocycles. The van der Waals surface area contributed by atoms with E-state index in [-0.39, 0.29) is 16.8 Å². The van der Waals surface area contributed by atoms with Crippen LogP contribution in [-0.4, -0.2) is 27.5 Å². The number of rotatable bonds is 6. The van der Waals surface area contributed by atoms with Gasteiger partial charge in [-0.15, -0.1) is 0 Å². The number of hydrogen-bond donors (Lipinski definition) is 2. The van der Waals surface area contributed by atoms with Gasteiger partial charge in [0.15, 0.2) is 11.5 Å². The Morgan fingerprint density at radius 2 is 1.59 bits per heavy atom. The minimum atomic E-state index is -3.83. The summed E-state index contributed by atoms with van der Waals surface area (Å²) in [5.41, 5.74) is 1.79. The first-order chi connectivity index (χ1) is 15.4. The van der Waals surface area contributed by atoms with Crippen LogP contribution in [0, 0.1) is 0 Å². The third kappa shape index (κ3) is 5.03. The van der Waals surface area contributed by atoms with Crippen molar-refractivity contribution in [2.24, 2.45) is 0 Å². The van der Waals surface area contributed by atoms with Crippen LogP contribution in [0.1, 0.15) is 35.3 Å². The number of ether oxygens (including phenoxy) is 2. The molecule has 0 unspecified atom stereocenters. The highest BCUT2D eigenvalue weighted by Crippen LogP contribution is 2.32. The summed E-state index contributed by atoms with van der Waals surface area (Å²) in [5, 5.41) is 2.94. The van der Waals surface area contributed by atoms with Crippen molar-refractivity contribution in [3.63, 3.8) is 0 Å². The van der Waals surface area contributed by atoms with Crippen molar-refractivity contribution < 1.29 is 22.7 Å². The number of carbonyl (C=O) groups excluding carboxylic acids is 1. The van der Waals surface area contributed by atoms with Crippen LogP contribution < -0.4 is 19.5 Å². The third-order valence-electron chi connectivity index (χ3n) is 5.08. The van der Waals surface area contributed by atoms with Crippen molar-refractivity contribution in [1.29, 1.82) is 0 Å². The van der Waals surface area contributed by atoms with Crippen LogP contribution in [0.25, 0.3) is 0 Å². The van der Waals surface area contributed by atoms with E-state index in [1.807, 2.05) is 37.3 Å². The standard InChI is InChI=1S/C24H24N2O5S/c1-17(18-6-3-2-4-7-18)25-24(27)19-8-10-20(11-9-19)26-32(28,29)21-12-13-22-23(16-21)31-15-5-14-30-22/h2-4,6-13,16-17,26H,5,14-15H2,1H3,(H,25,27)/t17-/m0/s1. The van der Waals surface area contributed by atoms with Gasteiger partial charge in [-0.25, -0.2) is 8.42 Å². The molecule has 1 amide bonds. The van der Waals surface area contributed by atoms with Crippen LogP contribution in [0.4, 0.5) is 5.69 Å². The van der Waals surface area contributed by atoms with Crippen molar-refractivity contribution in [3.8, 4) is 11.5 Å². The summed E-state index contributed by atoms with van der Waals surface area (Å²) < 4.78 is 39.3. The van der Waals surface area contributed by atoms with E-state index in [2.05, 4.69) is 10.0 Å². The Balaban J connectivity index is 1.44. The summed E-state index contributed by atoms with van der Waals surface area (Å²) in [6, 6.07) is 20.3. The van der Waals surface area contributed by atoms with Gasteiger partial charge in [-0.05, 0) is 48.9 Å². The first kappa shape index (κ1) is 21.7. The van der Waals surface area contributed by atoms with E-state index < -0.39 is 10.0 Å². The van der Waals surface area contributed by atoms with Gasteiger partial charge in [0.1, 0.15) is 0 Å². The van der Waals surface area contributed by atoms with E-state index >= 15 is 0 Å². The quantitative estimate of drug-likeness (QED) is 0.586. The molecule has 0 fully saturated rings. The number of benzene rings is 3. The molecule has 0 aliphatic carbocycles. The topological polar surface area (TPSA) is 93.7 Å². The van der Waals surface area contributed by atoms with Crippen molar-refractivity contribution in [2.75, 3.05) is 17.9 Å². The lowest BCUT2D eigenvalue weighted by atomic mass is 10.1. The second-order valence-electron chi connectivity index (χ2n) is 7.45. The zero-order chi connectivity index (χ0) is 22.6. The minimum absolute atomic E-state index is 0.0697. The zero-order valence-corrected chi connectivity index (χ0v) is 18.4. The number of nitrogens with one attached hydrogen (secondary N) is 2. The van der Waals surface area contributed by atoms with Crippen LogP contribution in [0.2, 0.25) is 0 Å². The van der Waals surface area contributed by atoms with Crippen LogP contribution in [-0.2, 0) is 10.0 Å². The lowest BCUT2D eigenvalue weighted by Crippen LogP contribution is -2.26. The molecule has 1 heterocycles. The summed E-state index contributed by atoms with van der Waals surface area (Å²) >= 11 is 0. The average molecular weight is 453 g/mol. The van der Waals surface area contributed by atoms with Crippen LogP contribution in [0.5, 0.6) is 11.5 Å². The second kappa shape index (κ2) is 9.32. The Bertz CT molecular complexity index is 1190. The van der Waals surface area contributed by atoms with E-state index in [0.29, 0.717) is 36.0 Å². The van der Waals surface area contributed by atoms with E-state index in [4.69, 9.17) is 9.47 Å². The Morgan fingerprint density at radius 3 is 2.31 bits per heavy atom. The lowest BCUT2D eigenvalue weighted by molar-refractivity contribution is 0.0940. The Kier molecular flexibility index (Phi) is 6.32. The zero-order valence-electron chi connectivity index (χ0n) is 17.6. The molecule has 4 rings (SSSR count). The molecule has 0 saturated heterocycles. The Labute approximate surface area is 187 Å². The molecular formula is C24H24N2O5S. The van der Waals surface area contributed by atoms with Crippen molar-refractivity contribution in [2.45, 2.75) is 24.3 Å². The van der Waals surface area contributed by atoms with Crippen molar-refractivity contribution in [1.82, 2.24) is 5.32 Å². The van der Waals surface area contributed by atoms with Crippen molar-refractivity contribution >= 4 is 21.6 Å². The number of amides is 1. The van der Waals surface area contributed by atoms with Crippen LogP contribution in [0.3, 0.4) is 0 Å². The summed E-state index contributed by atoms with van der Waals surface area (Å²) in [6.07, 6.45) is 0.735. The van der Waals surface area contributed by atoms with Gasteiger partial charge < -0.3 is 14.8 Å². The lowest BCUT2D eigenvalue weighted by Gasteiger charge is -2.15. The summed E-state index contributed by atoms with van der Waals surface area (Å²) in [7, 11) is -3.83. The molecule has 3 aromatic carbocycles. The molecule has 32 heavy (non-hydrogen) atoms. The monoisotopic (exact) mass is 452 g/mol. The second-order valence-corrected chi connectivity index (χ2v) is 9.13. The largest absolute Gasteiger partial charge is 0.490 e. The van der Waals surface area contributed by atoms with Crippen molar-refractivity contribution in [3.05, 3.63) is 83.9 Å². The predicted octanol–water partition coefficient (Wildman–Crippen LogP) is 4.14. The van der Waals surface area contributed by atoms with Gasteiger partial charge in [0, 0.05) is 23.7 Å². The number of anilines is 1. The van der Waals surface area contributed by atoms with E-state index in [1.165, 1.54) is 12.1 Å². The minimum Gasteiger partial charge on any atom is -0.490 e. The predicted molar refractivity (Wildman–Crippen MR) is 122 cm³/mol. The van der Waals surface area contributed by atoms with Gasteiger partial charge in [0.05, 0.1) is 24.2 Å². The molecule has 166 valence electrons. The summed E-state index contributed by atoms with van der Waals surface area (Å²) in [5.74, 6) is 0.699. The van der Waals surface area contributed by atoms with Crippen LogP contribution >= 0.6 is 0 Å². The first-order valence-corrected chi connectivity index (χ1v) is 11.8. The maximum atomic E-state index is 12.8.